The second kappa shape index (κ2) is 6.41. The van der Waals surface area contributed by atoms with Crippen molar-refractivity contribution in [3.8, 4) is 5.75 Å². The van der Waals surface area contributed by atoms with Gasteiger partial charge in [-0.2, -0.15) is 0 Å². The molecule has 2 rings (SSSR count). The number of anilines is 1. The Bertz CT molecular complexity index is 500. The number of nitrogens with zero attached hydrogens (tertiary/aromatic N) is 1. The molecule has 0 radical (unpaired) electrons. The van der Waals surface area contributed by atoms with E-state index in [1.165, 1.54) is 0 Å². The van der Waals surface area contributed by atoms with Gasteiger partial charge in [-0.05, 0) is 18.1 Å². The Hall–Kier alpha value is -2.04. The van der Waals surface area contributed by atoms with Gasteiger partial charge in [0.2, 0.25) is 5.91 Å². The number of hydrogen-bond acceptors (Lipinski definition) is 3. The van der Waals surface area contributed by atoms with Gasteiger partial charge in [-0.25, -0.2) is 0 Å². The second-order valence-corrected chi connectivity index (χ2v) is 5.25. The third-order valence-corrected chi connectivity index (χ3v) is 3.08. The number of fused-ring (bicyclic) bond motifs is 1. The van der Waals surface area contributed by atoms with Gasteiger partial charge >= 0.3 is 0 Å². The zero-order valence-corrected chi connectivity index (χ0v) is 11.9. The fourth-order valence-corrected chi connectivity index (χ4v) is 2.02. The summed E-state index contributed by atoms with van der Waals surface area (Å²) >= 11 is 0. The molecule has 1 aliphatic rings. The Labute approximate surface area is 118 Å². The van der Waals surface area contributed by atoms with E-state index in [-0.39, 0.29) is 18.4 Å². The lowest BCUT2D eigenvalue weighted by Crippen LogP contribution is -2.41. The van der Waals surface area contributed by atoms with Crippen molar-refractivity contribution >= 4 is 17.5 Å². The van der Waals surface area contributed by atoms with Crippen LogP contribution in [0, 0.1) is 5.92 Å². The Kier molecular flexibility index (Phi) is 4.61. The minimum absolute atomic E-state index is 0.0320. The van der Waals surface area contributed by atoms with Crippen molar-refractivity contribution in [3.05, 3.63) is 24.3 Å². The number of carbonyl (C=O) groups is 2. The fraction of sp³-hybridized carbons (Fsp3) is 0.467. The van der Waals surface area contributed by atoms with Crippen molar-refractivity contribution in [2.45, 2.75) is 20.3 Å². The van der Waals surface area contributed by atoms with E-state index in [1.807, 2.05) is 38.1 Å². The van der Waals surface area contributed by atoms with E-state index in [9.17, 15) is 9.59 Å². The molecular formula is C15H20N2O3. The molecule has 1 aromatic carbocycles. The van der Waals surface area contributed by atoms with Crippen molar-refractivity contribution in [1.82, 2.24) is 5.32 Å². The molecule has 0 aromatic heterocycles. The number of ether oxygens (including phenoxy) is 1. The Morgan fingerprint density at radius 3 is 2.90 bits per heavy atom. The van der Waals surface area contributed by atoms with Gasteiger partial charge < -0.3 is 15.0 Å². The van der Waals surface area contributed by atoms with E-state index in [1.54, 1.807) is 4.90 Å². The lowest BCUT2D eigenvalue weighted by molar-refractivity contribution is -0.122. The molecule has 0 saturated carbocycles. The van der Waals surface area contributed by atoms with Crippen LogP contribution >= 0.6 is 0 Å². The molecule has 1 heterocycles. The van der Waals surface area contributed by atoms with Gasteiger partial charge in [-0.1, -0.05) is 26.0 Å². The largest absolute Gasteiger partial charge is 0.482 e. The Balaban J connectivity index is 1.95. The zero-order chi connectivity index (χ0) is 14.5. The molecule has 1 aromatic rings. The maximum absolute atomic E-state index is 11.9. The maximum atomic E-state index is 11.9. The first-order chi connectivity index (χ1) is 9.58. The van der Waals surface area contributed by atoms with E-state index in [0.29, 0.717) is 31.2 Å². The standard InChI is InChI=1S/C15H20N2O3/c1-11(2)9-16-14(18)7-8-17-12-5-3-4-6-13(12)20-10-15(17)19/h3-6,11H,7-10H2,1-2H3,(H,16,18). The van der Waals surface area contributed by atoms with Gasteiger partial charge in [0.05, 0.1) is 5.69 Å². The predicted octanol–water partition coefficient (Wildman–Crippen LogP) is 1.57. The van der Waals surface area contributed by atoms with Crippen molar-refractivity contribution < 1.29 is 14.3 Å². The summed E-state index contributed by atoms with van der Waals surface area (Å²) in [7, 11) is 0. The summed E-state index contributed by atoms with van der Waals surface area (Å²) in [6.07, 6.45) is 0.298. The van der Waals surface area contributed by atoms with E-state index >= 15 is 0 Å². The summed E-state index contributed by atoms with van der Waals surface area (Å²) in [5, 5.41) is 2.85. The molecule has 0 spiro atoms. The molecule has 0 fully saturated rings. The highest BCUT2D eigenvalue weighted by atomic mass is 16.5. The van der Waals surface area contributed by atoms with Crippen LogP contribution in [-0.4, -0.2) is 31.5 Å². The smallest absolute Gasteiger partial charge is 0.265 e. The topological polar surface area (TPSA) is 58.6 Å². The summed E-state index contributed by atoms with van der Waals surface area (Å²) in [5.41, 5.74) is 0.736. The van der Waals surface area contributed by atoms with Crippen LogP contribution in [0.3, 0.4) is 0 Å². The van der Waals surface area contributed by atoms with Gasteiger partial charge in [0.1, 0.15) is 5.75 Å². The Morgan fingerprint density at radius 1 is 1.40 bits per heavy atom. The lowest BCUT2D eigenvalue weighted by atomic mass is 10.2. The number of amides is 2. The zero-order valence-electron chi connectivity index (χ0n) is 11.9. The molecule has 0 saturated heterocycles. The van der Waals surface area contributed by atoms with Gasteiger partial charge in [0, 0.05) is 19.5 Å². The van der Waals surface area contributed by atoms with Crippen LogP contribution in [0.2, 0.25) is 0 Å². The molecule has 0 aliphatic carbocycles. The predicted molar refractivity (Wildman–Crippen MR) is 76.8 cm³/mol. The van der Waals surface area contributed by atoms with Crippen LogP contribution in [0.4, 0.5) is 5.69 Å². The van der Waals surface area contributed by atoms with E-state index in [2.05, 4.69) is 5.32 Å². The first-order valence-corrected chi connectivity index (χ1v) is 6.87. The molecule has 1 N–H and O–H groups in total. The molecule has 5 heteroatoms. The number of benzene rings is 1. The van der Waals surface area contributed by atoms with Crippen molar-refractivity contribution in [3.63, 3.8) is 0 Å². The summed E-state index contributed by atoms with van der Waals surface area (Å²) in [4.78, 5) is 25.3. The second-order valence-electron chi connectivity index (χ2n) is 5.25. The first-order valence-electron chi connectivity index (χ1n) is 6.87. The fourth-order valence-electron chi connectivity index (χ4n) is 2.02. The average Bonchev–Trinajstić information content (AvgIpc) is 2.44. The summed E-state index contributed by atoms with van der Waals surface area (Å²) < 4.78 is 5.36. The number of rotatable bonds is 5. The normalized spacial score (nSPS) is 13.9. The number of para-hydroxylation sites is 2. The van der Waals surface area contributed by atoms with E-state index in [0.717, 1.165) is 5.69 Å². The highest BCUT2D eigenvalue weighted by Gasteiger charge is 2.25. The molecule has 20 heavy (non-hydrogen) atoms. The average molecular weight is 276 g/mol. The van der Waals surface area contributed by atoms with Crippen LogP contribution in [0.25, 0.3) is 0 Å². The number of nitrogens with one attached hydrogen (secondary N) is 1. The van der Waals surface area contributed by atoms with Gasteiger partial charge in [-0.15, -0.1) is 0 Å². The third kappa shape index (κ3) is 3.50. The van der Waals surface area contributed by atoms with E-state index < -0.39 is 0 Å². The van der Waals surface area contributed by atoms with Crippen molar-refractivity contribution in [2.24, 2.45) is 5.92 Å². The van der Waals surface area contributed by atoms with Gasteiger partial charge in [0.15, 0.2) is 6.61 Å². The minimum Gasteiger partial charge on any atom is -0.482 e. The molecule has 108 valence electrons. The molecule has 2 amide bonds. The molecule has 5 nitrogen and oxygen atoms in total. The summed E-state index contributed by atoms with van der Waals surface area (Å²) in [5.74, 6) is 0.968. The van der Waals surface area contributed by atoms with Crippen molar-refractivity contribution in [2.75, 3.05) is 24.6 Å². The van der Waals surface area contributed by atoms with Crippen LogP contribution in [0.1, 0.15) is 20.3 Å². The van der Waals surface area contributed by atoms with Gasteiger partial charge in [-0.3, -0.25) is 9.59 Å². The van der Waals surface area contributed by atoms with Crippen LogP contribution in [0.15, 0.2) is 24.3 Å². The first kappa shape index (κ1) is 14.4. The molecule has 0 bridgehead atoms. The molecular weight excluding hydrogens is 256 g/mol. The summed E-state index contributed by atoms with van der Waals surface area (Å²) in [6.45, 7) is 5.16. The number of carbonyl (C=O) groups excluding carboxylic acids is 2. The monoisotopic (exact) mass is 276 g/mol. The Morgan fingerprint density at radius 2 is 2.15 bits per heavy atom. The molecule has 0 atom stereocenters. The quantitative estimate of drug-likeness (QED) is 0.888. The van der Waals surface area contributed by atoms with E-state index in [4.69, 9.17) is 4.74 Å². The van der Waals surface area contributed by atoms with Crippen LogP contribution in [0.5, 0.6) is 5.75 Å². The third-order valence-electron chi connectivity index (χ3n) is 3.08. The minimum atomic E-state index is -0.111. The summed E-state index contributed by atoms with van der Waals surface area (Å²) in [6, 6.07) is 7.38. The SMILES string of the molecule is CC(C)CNC(=O)CCN1C(=O)COc2ccccc21. The number of hydrogen-bond donors (Lipinski definition) is 1. The van der Waals surface area contributed by atoms with Gasteiger partial charge in [0.25, 0.3) is 5.91 Å². The van der Waals surface area contributed by atoms with Crippen LogP contribution < -0.4 is 15.0 Å². The molecule has 0 unspecified atom stereocenters. The highest BCUT2D eigenvalue weighted by Crippen LogP contribution is 2.31. The maximum Gasteiger partial charge on any atom is 0.265 e. The lowest BCUT2D eigenvalue weighted by Gasteiger charge is -2.29. The van der Waals surface area contributed by atoms with Crippen LogP contribution in [-0.2, 0) is 9.59 Å². The van der Waals surface area contributed by atoms with Crippen molar-refractivity contribution in [1.29, 1.82) is 0 Å². The molecule has 1 aliphatic heterocycles. The highest BCUT2D eigenvalue weighted by molar-refractivity contribution is 5.98.